The summed E-state index contributed by atoms with van der Waals surface area (Å²) < 4.78 is 13.9. The Morgan fingerprint density at radius 1 is 0.762 bits per heavy atom. The highest BCUT2D eigenvalue weighted by Crippen LogP contribution is 2.30. The van der Waals surface area contributed by atoms with E-state index < -0.39 is 11.7 Å². The molecule has 2 fully saturated rings. The van der Waals surface area contributed by atoms with E-state index in [9.17, 15) is 18.8 Å². The van der Waals surface area contributed by atoms with Crippen LogP contribution in [0.2, 0.25) is 0 Å². The number of anilines is 2. The first kappa shape index (κ1) is 28.8. The minimum absolute atomic E-state index is 0.103. The van der Waals surface area contributed by atoms with Gasteiger partial charge in [-0.05, 0) is 80.1 Å². The molecule has 3 aromatic carbocycles. The Kier molecular flexibility index (Phi) is 9.09. The lowest BCUT2D eigenvalue weighted by Gasteiger charge is -2.27. The zero-order valence-corrected chi connectivity index (χ0v) is 23.3. The van der Waals surface area contributed by atoms with E-state index in [-0.39, 0.29) is 17.4 Å². The number of nitriles is 1. The lowest BCUT2D eigenvalue weighted by atomic mass is 10.1. The molecule has 2 saturated heterocycles. The van der Waals surface area contributed by atoms with Crippen LogP contribution in [0.25, 0.3) is 0 Å². The largest absolute Gasteiger partial charge is 0.368 e. The molecule has 0 radical (unpaired) electrons. The molecule has 0 atom stereocenters. The van der Waals surface area contributed by atoms with Crippen molar-refractivity contribution in [2.24, 2.45) is 0 Å². The second-order valence-corrected chi connectivity index (χ2v) is 10.4. The van der Waals surface area contributed by atoms with Gasteiger partial charge in [-0.2, -0.15) is 5.26 Å². The number of carbonyl (C=O) groups excluding carboxylic acids is 3. The van der Waals surface area contributed by atoms with Gasteiger partial charge in [0.25, 0.3) is 17.7 Å². The summed E-state index contributed by atoms with van der Waals surface area (Å²) in [6.07, 6.45) is 1.55. The van der Waals surface area contributed by atoms with E-state index in [1.807, 2.05) is 11.0 Å². The molecule has 0 aromatic heterocycles. The molecule has 5 rings (SSSR count). The van der Waals surface area contributed by atoms with Gasteiger partial charge in [0.2, 0.25) is 0 Å². The molecule has 2 heterocycles. The SMILES string of the molecule is N#Cc1ccc(C(=O)N2CCCN(c3ccc(C(=O)N4CCCNCC4)cc3NC(=O)c3cccc(F)c3)CC2)cc1. The third kappa shape index (κ3) is 6.75. The van der Waals surface area contributed by atoms with Gasteiger partial charge in [-0.25, -0.2) is 4.39 Å². The summed E-state index contributed by atoms with van der Waals surface area (Å²) in [6.45, 7) is 4.98. The molecule has 9 nitrogen and oxygen atoms in total. The first-order valence-corrected chi connectivity index (χ1v) is 14.2. The van der Waals surface area contributed by atoms with Gasteiger partial charge < -0.3 is 25.3 Å². The predicted octanol–water partition coefficient (Wildman–Crippen LogP) is 3.74. The highest BCUT2D eigenvalue weighted by atomic mass is 19.1. The Morgan fingerprint density at radius 2 is 1.50 bits per heavy atom. The van der Waals surface area contributed by atoms with E-state index in [1.165, 1.54) is 24.3 Å². The van der Waals surface area contributed by atoms with Crippen molar-refractivity contribution in [1.29, 1.82) is 5.26 Å². The molecule has 0 unspecified atom stereocenters. The van der Waals surface area contributed by atoms with Gasteiger partial charge in [0.1, 0.15) is 5.82 Å². The van der Waals surface area contributed by atoms with E-state index in [2.05, 4.69) is 21.6 Å². The van der Waals surface area contributed by atoms with Gasteiger partial charge in [-0.3, -0.25) is 14.4 Å². The number of benzene rings is 3. The summed E-state index contributed by atoms with van der Waals surface area (Å²) in [5.74, 6) is -1.21. The maximum atomic E-state index is 13.9. The molecule has 0 saturated carbocycles. The summed E-state index contributed by atoms with van der Waals surface area (Å²) in [6, 6.07) is 19.4. The molecule has 10 heteroatoms. The monoisotopic (exact) mass is 568 g/mol. The molecule has 2 N–H and O–H groups in total. The van der Waals surface area contributed by atoms with Gasteiger partial charge >= 0.3 is 0 Å². The average molecular weight is 569 g/mol. The number of halogens is 1. The van der Waals surface area contributed by atoms with Crippen molar-refractivity contribution in [3.8, 4) is 6.07 Å². The first-order valence-electron chi connectivity index (χ1n) is 14.2. The molecule has 0 bridgehead atoms. The van der Waals surface area contributed by atoms with Crippen LogP contribution >= 0.6 is 0 Å². The lowest BCUT2D eigenvalue weighted by molar-refractivity contribution is 0.0759. The third-order valence-electron chi connectivity index (χ3n) is 7.59. The van der Waals surface area contributed by atoms with Crippen LogP contribution in [0.4, 0.5) is 15.8 Å². The molecule has 3 amide bonds. The molecular formula is C32H33FN6O3. The summed E-state index contributed by atoms with van der Waals surface area (Å²) in [4.78, 5) is 45.4. The van der Waals surface area contributed by atoms with E-state index in [0.29, 0.717) is 68.1 Å². The fraction of sp³-hybridized carbons (Fsp3) is 0.312. The minimum Gasteiger partial charge on any atom is -0.368 e. The number of carbonyl (C=O) groups is 3. The summed E-state index contributed by atoms with van der Waals surface area (Å²) in [5, 5.41) is 15.3. The quantitative estimate of drug-likeness (QED) is 0.486. The maximum Gasteiger partial charge on any atom is 0.255 e. The Bertz CT molecular complexity index is 1490. The van der Waals surface area contributed by atoms with Crippen molar-refractivity contribution in [1.82, 2.24) is 15.1 Å². The van der Waals surface area contributed by atoms with Crippen LogP contribution in [0.15, 0.2) is 66.7 Å². The van der Waals surface area contributed by atoms with E-state index in [1.54, 1.807) is 41.3 Å². The third-order valence-corrected chi connectivity index (χ3v) is 7.59. The van der Waals surface area contributed by atoms with Crippen molar-refractivity contribution in [2.45, 2.75) is 12.8 Å². The van der Waals surface area contributed by atoms with Gasteiger partial charge in [-0.1, -0.05) is 6.07 Å². The van der Waals surface area contributed by atoms with E-state index >= 15 is 0 Å². The molecule has 0 spiro atoms. The van der Waals surface area contributed by atoms with Crippen molar-refractivity contribution < 1.29 is 18.8 Å². The normalized spacial score (nSPS) is 15.8. The smallest absolute Gasteiger partial charge is 0.255 e. The number of hydrogen-bond donors (Lipinski definition) is 2. The van der Waals surface area contributed by atoms with Crippen LogP contribution in [-0.2, 0) is 0 Å². The Morgan fingerprint density at radius 3 is 2.29 bits per heavy atom. The van der Waals surface area contributed by atoms with Crippen LogP contribution in [0, 0.1) is 17.1 Å². The number of hydrogen-bond acceptors (Lipinski definition) is 6. The number of nitrogens with one attached hydrogen (secondary N) is 2. The molecule has 216 valence electrons. The standard InChI is InChI=1S/C32H33FN6O3/c33-27-5-1-4-25(20-27)30(40)36-28-21-26(32(42)38-14-2-12-35-13-17-38)10-11-29(28)37-15-3-16-39(19-18-37)31(41)24-8-6-23(22-34)7-9-24/h1,4-11,20-21,35H,2-3,12-19H2,(H,36,40). The average Bonchev–Trinajstić information content (AvgIpc) is 3.44. The minimum atomic E-state index is -0.513. The Hall–Kier alpha value is -4.75. The van der Waals surface area contributed by atoms with Crippen LogP contribution in [0.1, 0.15) is 49.5 Å². The Balaban J connectivity index is 1.38. The van der Waals surface area contributed by atoms with E-state index in [4.69, 9.17) is 5.26 Å². The molecule has 3 aromatic rings. The van der Waals surface area contributed by atoms with Crippen molar-refractivity contribution in [3.05, 3.63) is 94.8 Å². The predicted molar refractivity (Wildman–Crippen MR) is 158 cm³/mol. The number of nitrogens with zero attached hydrogens (tertiary/aromatic N) is 4. The van der Waals surface area contributed by atoms with Crippen molar-refractivity contribution >= 4 is 29.1 Å². The molecule has 42 heavy (non-hydrogen) atoms. The van der Waals surface area contributed by atoms with Gasteiger partial charge in [-0.15, -0.1) is 0 Å². The fourth-order valence-corrected chi connectivity index (χ4v) is 5.33. The zero-order chi connectivity index (χ0) is 29.5. The van der Waals surface area contributed by atoms with Crippen molar-refractivity contribution in [3.63, 3.8) is 0 Å². The summed E-state index contributed by atoms with van der Waals surface area (Å²) in [5.41, 5.74) is 2.83. The van der Waals surface area contributed by atoms with Gasteiger partial charge in [0, 0.05) is 62.5 Å². The summed E-state index contributed by atoms with van der Waals surface area (Å²) in [7, 11) is 0. The van der Waals surface area contributed by atoms with Gasteiger partial charge in [0.05, 0.1) is 23.0 Å². The highest BCUT2D eigenvalue weighted by molar-refractivity contribution is 6.07. The molecule has 2 aliphatic rings. The second kappa shape index (κ2) is 13.3. The van der Waals surface area contributed by atoms with E-state index in [0.717, 1.165) is 25.2 Å². The molecular weight excluding hydrogens is 535 g/mol. The highest BCUT2D eigenvalue weighted by Gasteiger charge is 2.24. The zero-order valence-electron chi connectivity index (χ0n) is 23.3. The van der Waals surface area contributed by atoms with Crippen LogP contribution in [-0.4, -0.2) is 79.9 Å². The molecule has 2 aliphatic heterocycles. The van der Waals surface area contributed by atoms with Crippen LogP contribution < -0.4 is 15.5 Å². The van der Waals surface area contributed by atoms with Crippen LogP contribution in [0.5, 0.6) is 0 Å². The van der Waals surface area contributed by atoms with Gasteiger partial charge in [0.15, 0.2) is 0 Å². The van der Waals surface area contributed by atoms with Crippen molar-refractivity contribution in [2.75, 3.05) is 62.6 Å². The summed E-state index contributed by atoms with van der Waals surface area (Å²) >= 11 is 0. The second-order valence-electron chi connectivity index (χ2n) is 10.4. The Labute approximate surface area is 244 Å². The fourth-order valence-electron chi connectivity index (χ4n) is 5.33. The first-order chi connectivity index (χ1) is 20.4. The topological polar surface area (TPSA) is 109 Å². The lowest BCUT2D eigenvalue weighted by Crippen LogP contribution is -2.35. The number of amides is 3. The maximum absolute atomic E-state index is 13.9. The number of rotatable bonds is 5. The molecule has 0 aliphatic carbocycles. The van der Waals surface area contributed by atoms with Crippen LogP contribution in [0.3, 0.4) is 0 Å².